The Morgan fingerprint density at radius 2 is 1.69 bits per heavy atom. The van der Waals surface area contributed by atoms with Crippen molar-refractivity contribution in [1.29, 1.82) is 0 Å². The zero-order chi connectivity index (χ0) is 31.2. The predicted octanol–water partition coefficient (Wildman–Crippen LogP) is 7.18. The van der Waals surface area contributed by atoms with Crippen molar-refractivity contribution in [2.45, 2.75) is 71.5 Å². The second-order valence-corrected chi connectivity index (χ2v) is 13.3. The van der Waals surface area contributed by atoms with Crippen LogP contribution in [0, 0.1) is 16.7 Å². The number of ketones is 1. The van der Waals surface area contributed by atoms with Crippen LogP contribution in [0.3, 0.4) is 0 Å². The molecule has 1 aromatic carbocycles. The van der Waals surface area contributed by atoms with Gasteiger partial charge in [-0.1, -0.05) is 37.0 Å². The number of methoxy groups -OCH3 is 1. The van der Waals surface area contributed by atoms with E-state index < -0.39 is 53.1 Å². The lowest BCUT2D eigenvalue weighted by Crippen LogP contribution is -2.45. The molecule has 0 unspecified atom stereocenters. The smallest absolute Gasteiger partial charge is 0.433 e. The molecule has 2 aliphatic rings. The Balaban J connectivity index is 1.66. The second-order valence-electron chi connectivity index (χ2n) is 12.5. The van der Waals surface area contributed by atoms with Crippen LogP contribution in [0.25, 0.3) is 0 Å². The fourth-order valence-corrected chi connectivity index (χ4v) is 6.97. The quantitative estimate of drug-likeness (QED) is 0.294. The van der Waals surface area contributed by atoms with Gasteiger partial charge >= 0.3 is 12.1 Å². The zero-order valence-electron chi connectivity index (χ0n) is 23.9. The van der Waals surface area contributed by atoms with Gasteiger partial charge in [0.25, 0.3) is 5.91 Å². The minimum Gasteiger partial charge on any atom is -0.497 e. The number of benzene rings is 1. The summed E-state index contributed by atoms with van der Waals surface area (Å²) in [6, 6.07) is 2.06. The number of amides is 1. The summed E-state index contributed by atoms with van der Waals surface area (Å²) in [5.74, 6) is -2.28. The number of halogens is 5. The van der Waals surface area contributed by atoms with Crippen molar-refractivity contribution in [3.63, 3.8) is 0 Å². The molecule has 2 aliphatic carbocycles. The Hall–Kier alpha value is -2.79. The van der Waals surface area contributed by atoms with E-state index in [1.807, 2.05) is 0 Å². The first-order valence-corrected chi connectivity index (χ1v) is 14.4. The standard InChI is InChI=1S/C29H34Cl2F3N3O5/c1-27(2)11-16(12-27)14-36(15-22(38)23-20(30)9-18(42-4)10-21(23)31)25(39)19-13-35-37(24(19)29(32,33)34)17-5-7-28(3,8-6-17)26(40)41/h9-10,13,16-17H,5-8,11-12,14-15H2,1-4H3,(H,40,41). The zero-order valence-corrected chi connectivity index (χ0v) is 25.4. The van der Waals surface area contributed by atoms with Crippen molar-refractivity contribution < 1.29 is 37.4 Å². The Morgan fingerprint density at radius 1 is 1.12 bits per heavy atom. The van der Waals surface area contributed by atoms with Gasteiger partial charge in [-0.3, -0.25) is 19.1 Å². The number of hydrogen-bond donors (Lipinski definition) is 1. The van der Waals surface area contributed by atoms with Gasteiger partial charge in [0.2, 0.25) is 0 Å². The van der Waals surface area contributed by atoms with Crippen LogP contribution in [0.1, 0.15) is 91.7 Å². The van der Waals surface area contributed by atoms with Gasteiger partial charge in [-0.25, -0.2) is 0 Å². The number of rotatable bonds is 9. The molecule has 13 heteroatoms. The van der Waals surface area contributed by atoms with E-state index in [4.69, 9.17) is 27.9 Å². The van der Waals surface area contributed by atoms with Crippen LogP contribution >= 0.6 is 23.2 Å². The van der Waals surface area contributed by atoms with Gasteiger partial charge in [-0.15, -0.1) is 0 Å². The van der Waals surface area contributed by atoms with Crippen LogP contribution in [0.2, 0.25) is 10.0 Å². The molecule has 0 bridgehead atoms. The van der Waals surface area contributed by atoms with Crippen molar-refractivity contribution >= 4 is 40.9 Å². The first-order chi connectivity index (χ1) is 19.5. The highest BCUT2D eigenvalue weighted by Crippen LogP contribution is 2.46. The molecule has 2 fully saturated rings. The third kappa shape index (κ3) is 6.56. The fraction of sp³-hybridized carbons (Fsp3) is 0.586. The number of aliphatic carboxylic acids is 1. The van der Waals surface area contributed by atoms with E-state index in [0.717, 1.165) is 28.6 Å². The van der Waals surface area contributed by atoms with Crippen molar-refractivity contribution in [3.05, 3.63) is 45.2 Å². The average Bonchev–Trinajstić information content (AvgIpc) is 3.32. The number of carboxylic acid groups (broad SMARTS) is 1. The Morgan fingerprint density at radius 3 is 2.17 bits per heavy atom. The first-order valence-electron chi connectivity index (χ1n) is 13.7. The molecule has 42 heavy (non-hydrogen) atoms. The molecule has 0 saturated heterocycles. The minimum atomic E-state index is -4.92. The molecular formula is C29H34Cl2F3N3O5. The van der Waals surface area contributed by atoms with Crippen LogP contribution < -0.4 is 4.74 Å². The van der Waals surface area contributed by atoms with Gasteiger partial charge in [0, 0.05) is 6.54 Å². The molecule has 0 aliphatic heterocycles. The van der Waals surface area contributed by atoms with Crippen LogP contribution in [0.5, 0.6) is 5.75 Å². The van der Waals surface area contributed by atoms with Crippen molar-refractivity contribution in [2.24, 2.45) is 16.7 Å². The molecule has 8 nitrogen and oxygen atoms in total. The third-order valence-electron chi connectivity index (χ3n) is 8.53. The molecule has 230 valence electrons. The maximum Gasteiger partial charge on any atom is 0.433 e. The van der Waals surface area contributed by atoms with E-state index in [1.54, 1.807) is 6.92 Å². The van der Waals surface area contributed by atoms with Gasteiger partial charge in [0.1, 0.15) is 5.75 Å². The number of alkyl halides is 3. The molecule has 4 rings (SSSR count). The largest absolute Gasteiger partial charge is 0.497 e. The lowest BCUT2D eigenvalue weighted by Gasteiger charge is -2.44. The number of ether oxygens (including phenoxy) is 1. The first kappa shape index (κ1) is 32.1. The summed E-state index contributed by atoms with van der Waals surface area (Å²) < 4.78 is 49.4. The molecule has 1 heterocycles. The summed E-state index contributed by atoms with van der Waals surface area (Å²) in [5.41, 5.74) is -2.92. The molecule has 1 aromatic heterocycles. The van der Waals surface area contributed by atoms with Gasteiger partial charge < -0.3 is 14.7 Å². The normalized spacial score (nSPS) is 22.4. The fourth-order valence-electron chi connectivity index (χ4n) is 6.30. The molecule has 2 saturated carbocycles. The molecule has 2 aromatic rings. The van der Waals surface area contributed by atoms with Crippen molar-refractivity contribution in [1.82, 2.24) is 14.7 Å². The predicted molar refractivity (Wildman–Crippen MR) is 150 cm³/mol. The number of hydrogen-bond acceptors (Lipinski definition) is 5. The van der Waals surface area contributed by atoms with Crippen molar-refractivity contribution in [3.8, 4) is 5.75 Å². The SMILES string of the molecule is COc1cc(Cl)c(C(=O)CN(CC2CC(C)(C)C2)C(=O)c2cnn(C3CCC(C)(C(=O)O)CC3)c2C(F)(F)F)c(Cl)c1. The van der Waals surface area contributed by atoms with E-state index in [9.17, 15) is 32.7 Å². The van der Waals surface area contributed by atoms with E-state index in [-0.39, 0.29) is 59.2 Å². The van der Waals surface area contributed by atoms with Crippen LogP contribution in [-0.2, 0) is 11.0 Å². The van der Waals surface area contributed by atoms with Gasteiger partial charge in [-0.2, -0.15) is 18.3 Å². The van der Waals surface area contributed by atoms with Gasteiger partial charge in [0.15, 0.2) is 11.5 Å². The number of carbonyl (C=O) groups excluding carboxylic acids is 2. The van der Waals surface area contributed by atoms with E-state index in [0.29, 0.717) is 5.75 Å². The summed E-state index contributed by atoms with van der Waals surface area (Å²) in [7, 11) is 1.40. The second kappa shape index (κ2) is 11.7. The maximum absolute atomic E-state index is 14.5. The average molecular weight is 633 g/mol. The highest BCUT2D eigenvalue weighted by molar-refractivity contribution is 6.40. The monoisotopic (exact) mass is 631 g/mol. The molecule has 0 spiro atoms. The molecule has 1 amide bonds. The number of carboxylic acids is 1. The lowest BCUT2D eigenvalue weighted by atomic mass is 9.64. The van der Waals surface area contributed by atoms with Crippen LogP contribution in [0.15, 0.2) is 18.3 Å². The summed E-state index contributed by atoms with van der Waals surface area (Å²) >= 11 is 12.6. The van der Waals surface area contributed by atoms with E-state index >= 15 is 0 Å². The number of carbonyl (C=O) groups is 3. The molecular weight excluding hydrogens is 598 g/mol. The highest BCUT2D eigenvalue weighted by Gasteiger charge is 2.46. The van der Waals surface area contributed by atoms with E-state index in [2.05, 4.69) is 18.9 Å². The highest BCUT2D eigenvalue weighted by atomic mass is 35.5. The Bertz CT molecular complexity index is 1350. The van der Waals surface area contributed by atoms with Gasteiger partial charge in [0.05, 0.1) is 52.5 Å². The number of nitrogens with zero attached hydrogens (tertiary/aromatic N) is 3. The molecule has 1 N–H and O–H groups in total. The molecule has 0 radical (unpaired) electrons. The van der Waals surface area contributed by atoms with Crippen molar-refractivity contribution in [2.75, 3.05) is 20.2 Å². The lowest BCUT2D eigenvalue weighted by molar-refractivity contribution is -0.152. The molecule has 0 atom stereocenters. The van der Waals surface area contributed by atoms with Crippen LogP contribution in [-0.4, -0.2) is 57.6 Å². The summed E-state index contributed by atoms with van der Waals surface area (Å²) in [4.78, 5) is 40.0. The number of aromatic nitrogens is 2. The Labute approximate surface area is 252 Å². The Kier molecular flexibility index (Phi) is 8.96. The third-order valence-corrected chi connectivity index (χ3v) is 9.12. The summed E-state index contributed by atoms with van der Waals surface area (Å²) in [6.07, 6.45) is -1.87. The summed E-state index contributed by atoms with van der Waals surface area (Å²) in [6.45, 7) is 5.23. The number of Topliss-reactive ketones (excluding diaryl/α,β-unsaturated/α-hetero) is 1. The topological polar surface area (TPSA) is 102 Å². The minimum absolute atomic E-state index is 0.00372. The van der Waals surface area contributed by atoms with Gasteiger partial charge in [-0.05, 0) is 68.9 Å². The van der Waals surface area contributed by atoms with E-state index in [1.165, 1.54) is 19.2 Å². The van der Waals surface area contributed by atoms with Crippen LogP contribution in [0.4, 0.5) is 13.2 Å². The maximum atomic E-state index is 14.5. The summed E-state index contributed by atoms with van der Waals surface area (Å²) in [5, 5.41) is 13.5.